The van der Waals surface area contributed by atoms with Crippen LogP contribution in [0, 0.1) is 0 Å². The molecule has 98 valence electrons. The molecule has 6 nitrogen and oxygen atoms in total. The van der Waals surface area contributed by atoms with Gasteiger partial charge in [-0.1, -0.05) is 0 Å². The molecule has 3 heterocycles. The third-order valence-corrected chi connectivity index (χ3v) is 3.31. The molecule has 0 saturated carbocycles. The summed E-state index contributed by atoms with van der Waals surface area (Å²) in [6.07, 6.45) is 5.44. The summed E-state index contributed by atoms with van der Waals surface area (Å²) in [5, 5.41) is 0. The molecule has 0 atom stereocenters. The average molecular weight is 258 g/mol. The molecule has 1 aliphatic rings. The number of pyridine rings is 1. The highest BCUT2D eigenvalue weighted by Gasteiger charge is 2.34. The Labute approximate surface area is 110 Å². The van der Waals surface area contributed by atoms with E-state index < -0.39 is 0 Å². The Bertz CT molecular complexity index is 649. The first-order valence-corrected chi connectivity index (χ1v) is 6.20. The van der Waals surface area contributed by atoms with Gasteiger partial charge in [0, 0.05) is 25.1 Å². The first kappa shape index (κ1) is 11.7. The average Bonchev–Trinajstić information content (AvgIpc) is 2.97. The van der Waals surface area contributed by atoms with E-state index in [0.29, 0.717) is 13.1 Å². The van der Waals surface area contributed by atoms with E-state index in [-0.39, 0.29) is 18.5 Å². The third kappa shape index (κ3) is 1.95. The van der Waals surface area contributed by atoms with E-state index in [9.17, 15) is 9.59 Å². The number of nitrogens with zero attached hydrogens (tertiary/aromatic N) is 4. The largest absolute Gasteiger partial charge is 0.327 e. The Morgan fingerprint density at radius 3 is 2.89 bits per heavy atom. The van der Waals surface area contributed by atoms with Crippen molar-refractivity contribution in [3.05, 3.63) is 36.3 Å². The first-order valence-electron chi connectivity index (χ1n) is 6.20. The molecule has 0 radical (unpaired) electrons. The van der Waals surface area contributed by atoms with Crippen LogP contribution in [0.2, 0.25) is 0 Å². The number of imide groups is 1. The van der Waals surface area contributed by atoms with Crippen LogP contribution in [0.4, 0.5) is 4.79 Å². The summed E-state index contributed by atoms with van der Waals surface area (Å²) in [7, 11) is 0. The fourth-order valence-electron chi connectivity index (χ4n) is 2.23. The van der Waals surface area contributed by atoms with Gasteiger partial charge in [0.05, 0.1) is 6.54 Å². The van der Waals surface area contributed by atoms with Crippen molar-refractivity contribution in [1.82, 2.24) is 19.2 Å². The van der Waals surface area contributed by atoms with Crippen molar-refractivity contribution in [2.45, 2.75) is 13.5 Å². The van der Waals surface area contributed by atoms with Gasteiger partial charge >= 0.3 is 6.03 Å². The molecule has 0 aliphatic carbocycles. The molecule has 1 fully saturated rings. The zero-order valence-electron chi connectivity index (χ0n) is 10.6. The predicted octanol–water partition coefficient (Wildman–Crippen LogP) is 1.12. The Morgan fingerprint density at radius 1 is 1.32 bits per heavy atom. The van der Waals surface area contributed by atoms with E-state index in [4.69, 9.17) is 0 Å². The molecule has 0 aromatic carbocycles. The maximum Gasteiger partial charge on any atom is 0.327 e. The molecule has 19 heavy (non-hydrogen) atoms. The molecule has 0 spiro atoms. The number of amides is 3. The van der Waals surface area contributed by atoms with Crippen LogP contribution in [0.5, 0.6) is 0 Å². The van der Waals surface area contributed by atoms with Crippen LogP contribution >= 0.6 is 0 Å². The van der Waals surface area contributed by atoms with Crippen molar-refractivity contribution in [3.8, 4) is 0 Å². The van der Waals surface area contributed by atoms with Crippen LogP contribution in [0.15, 0.2) is 30.7 Å². The summed E-state index contributed by atoms with van der Waals surface area (Å²) in [4.78, 5) is 30.8. The minimum absolute atomic E-state index is 0.143. The van der Waals surface area contributed by atoms with E-state index in [1.165, 1.54) is 9.80 Å². The monoisotopic (exact) mass is 258 g/mol. The molecule has 6 heteroatoms. The highest BCUT2D eigenvalue weighted by Crippen LogP contribution is 2.15. The van der Waals surface area contributed by atoms with Crippen molar-refractivity contribution in [2.24, 2.45) is 0 Å². The van der Waals surface area contributed by atoms with Crippen LogP contribution < -0.4 is 0 Å². The zero-order valence-corrected chi connectivity index (χ0v) is 10.6. The molecule has 2 aromatic rings. The first-order chi connectivity index (χ1) is 9.19. The molecular formula is C13H14N4O2. The second-order valence-corrected chi connectivity index (χ2v) is 4.50. The van der Waals surface area contributed by atoms with Crippen LogP contribution in [-0.2, 0) is 11.3 Å². The topological polar surface area (TPSA) is 57.9 Å². The number of urea groups is 1. The number of carbonyl (C=O) groups is 2. The van der Waals surface area contributed by atoms with Gasteiger partial charge in [-0.2, -0.15) is 0 Å². The summed E-state index contributed by atoms with van der Waals surface area (Å²) in [6.45, 7) is 2.91. The lowest BCUT2D eigenvalue weighted by molar-refractivity contribution is -0.125. The Hall–Kier alpha value is -2.37. The lowest BCUT2D eigenvalue weighted by Gasteiger charge is -2.15. The standard InChI is InChI=1S/C13H14N4O2/c1-2-15-9-12(18)17(13(15)19)8-10-3-5-16-6-4-14-11(16)7-10/h3-7H,2,8-9H2,1H3. The van der Waals surface area contributed by atoms with Gasteiger partial charge in [0.1, 0.15) is 12.2 Å². The fourth-order valence-corrected chi connectivity index (χ4v) is 2.23. The maximum atomic E-state index is 12.0. The van der Waals surface area contributed by atoms with Gasteiger partial charge in [-0.25, -0.2) is 9.78 Å². The fraction of sp³-hybridized carbons (Fsp3) is 0.308. The normalized spacial score (nSPS) is 15.8. The number of likely N-dealkylation sites (N-methyl/N-ethyl adjacent to an activating group) is 1. The van der Waals surface area contributed by atoms with Crippen molar-refractivity contribution < 1.29 is 9.59 Å². The Balaban J connectivity index is 1.84. The molecule has 1 saturated heterocycles. The van der Waals surface area contributed by atoms with Crippen LogP contribution in [0.3, 0.4) is 0 Å². The van der Waals surface area contributed by atoms with Gasteiger partial charge in [0.25, 0.3) is 5.91 Å². The van der Waals surface area contributed by atoms with Gasteiger partial charge in [-0.05, 0) is 24.6 Å². The smallest absolute Gasteiger partial charge is 0.315 e. The van der Waals surface area contributed by atoms with Crippen molar-refractivity contribution >= 4 is 17.6 Å². The highest BCUT2D eigenvalue weighted by atomic mass is 16.2. The van der Waals surface area contributed by atoms with Crippen LogP contribution in [0.25, 0.3) is 5.65 Å². The molecule has 3 rings (SSSR count). The van der Waals surface area contributed by atoms with Gasteiger partial charge in [-0.15, -0.1) is 0 Å². The molecular weight excluding hydrogens is 244 g/mol. The number of hydrogen-bond acceptors (Lipinski definition) is 3. The zero-order chi connectivity index (χ0) is 13.4. The third-order valence-electron chi connectivity index (χ3n) is 3.31. The number of hydrogen-bond donors (Lipinski definition) is 0. The molecule has 3 amide bonds. The maximum absolute atomic E-state index is 12.0. The van der Waals surface area contributed by atoms with Crippen molar-refractivity contribution in [2.75, 3.05) is 13.1 Å². The van der Waals surface area contributed by atoms with Gasteiger partial charge in [0.2, 0.25) is 0 Å². The number of fused-ring (bicyclic) bond motifs is 1. The minimum atomic E-state index is -0.212. The van der Waals surface area contributed by atoms with Gasteiger partial charge < -0.3 is 9.30 Å². The van der Waals surface area contributed by atoms with E-state index in [0.717, 1.165) is 11.2 Å². The van der Waals surface area contributed by atoms with E-state index in [1.54, 1.807) is 6.20 Å². The number of rotatable bonds is 3. The molecule has 0 unspecified atom stereocenters. The van der Waals surface area contributed by atoms with E-state index in [2.05, 4.69) is 4.98 Å². The highest BCUT2D eigenvalue weighted by molar-refractivity contribution is 6.01. The SMILES string of the molecule is CCN1CC(=O)N(Cc2ccn3ccnc3c2)C1=O. The summed E-state index contributed by atoms with van der Waals surface area (Å²) in [5.41, 5.74) is 1.71. The van der Waals surface area contributed by atoms with Gasteiger partial charge in [-0.3, -0.25) is 9.69 Å². The second-order valence-electron chi connectivity index (χ2n) is 4.50. The minimum Gasteiger partial charge on any atom is -0.315 e. The number of aromatic nitrogens is 2. The second kappa shape index (κ2) is 4.38. The number of imidazole rings is 1. The lowest BCUT2D eigenvalue weighted by Crippen LogP contribution is -2.32. The molecule has 0 bridgehead atoms. The molecule has 1 aliphatic heterocycles. The summed E-state index contributed by atoms with van der Waals surface area (Å²) in [6, 6.07) is 3.56. The van der Waals surface area contributed by atoms with Crippen LogP contribution in [0.1, 0.15) is 12.5 Å². The summed E-state index contributed by atoms with van der Waals surface area (Å²) in [5.74, 6) is -0.143. The lowest BCUT2D eigenvalue weighted by atomic mass is 10.2. The summed E-state index contributed by atoms with van der Waals surface area (Å²) >= 11 is 0. The predicted molar refractivity (Wildman–Crippen MR) is 68.4 cm³/mol. The van der Waals surface area contributed by atoms with Crippen molar-refractivity contribution in [3.63, 3.8) is 0 Å². The summed E-state index contributed by atoms with van der Waals surface area (Å²) < 4.78 is 1.88. The van der Waals surface area contributed by atoms with Crippen LogP contribution in [-0.4, -0.2) is 44.2 Å². The molecule has 2 aromatic heterocycles. The Kier molecular flexibility index (Phi) is 2.70. The number of carbonyl (C=O) groups excluding carboxylic acids is 2. The Morgan fingerprint density at radius 2 is 2.16 bits per heavy atom. The molecule has 0 N–H and O–H groups in total. The van der Waals surface area contributed by atoms with E-state index >= 15 is 0 Å². The van der Waals surface area contributed by atoms with Gasteiger partial charge in [0.15, 0.2) is 0 Å². The van der Waals surface area contributed by atoms with Crippen molar-refractivity contribution in [1.29, 1.82) is 0 Å². The quantitative estimate of drug-likeness (QED) is 0.775. The van der Waals surface area contributed by atoms with E-state index in [1.807, 2.05) is 35.9 Å².